The molecule has 1 aliphatic carbocycles. The van der Waals surface area contributed by atoms with E-state index in [0.717, 1.165) is 32.1 Å². The van der Waals surface area contributed by atoms with E-state index in [9.17, 15) is 8.42 Å². The number of thiazole rings is 1. The van der Waals surface area contributed by atoms with Gasteiger partial charge in [-0.05, 0) is 12.8 Å². The first-order valence-electron chi connectivity index (χ1n) is 5.52. The predicted molar refractivity (Wildman–Crippen MR) is 65.7 cm³/mol. The lowest BCUT2D eigenvalue weighted by molar-refractivity contribution is 0.484. The highest BCUT2D eigenvalue weighted by atomic mass is 32.2. The van der Waals surface area contributed by atoms with Gasteiger partial charge >= 0.3 is 0 Å². The standard InChI is InChI=1S/C10H16N2O2S2/c1-11-10-12-7-9(15-10)16(13,14)8-5-3-2-4-6-8/h7-8H,2-6H2,1H3,(H,11,12). The van der Waals surface area contributed by atoms with Crippen LogP contribution >= 0.6 is 11.3 Å². The van der Waals surface area contributed by atoms with E-state index in [2.05, 4.69) is 10.3 Å². The van der Waals surface area contributed by atoms with Crippen LogP contribution in [-0.4, -0.2) is 25.7 Å². The molecule has 0 aromatic carbocycles. The lowest BCUT2D eigenvalue weighted by atomic mass is 10.0. The van der Waals surface area contributed by atoms with E-state index in [1.54, 1.807) is 7.05 Å². The van der Waals surface area contributed by atoms with Crippen LogP contribution in [0.15, 0.2) is 10.4 Å². The normalized spacial score (nSPS) is 18.6. The largest absolute Gasteiger partial charge is 0.365 e. The average Bonchev–Trinajstić information content (AvgIpc) is 2.79. The van der Waals surface area contributed by atoms with Gasteiger partial charge in [0.05, 0.1) is 11.4 Å². The number of hydrogen-bond acceptors (Lipinski definition) is 5. The molecule has 1 aliphatic rings. The lowest BCUT2D eigenvalue weighted by Crippen LogP contribution is -2.23. The highest BCUT2D eigenvalue weighted by Crippen LogP contribution is 2.32. The zero-order chi connectivity index (χ0) is 11.6. The number of aromatic nitrogens is 1. The molecule has 0 saturated heterocycles. The second-order valence-electron chi connectivity index (χ2n) is 4.04. The number of sulfone groups is 1. The first-order valence-corrected chi connectivity index (χ1v) is 7.88. The van der Waals surface area contributed by atoms with Crippen LogP contribution < -0.4 is 5.32 Å². The van der Waals surface area contributed by atoms with Crippen LogP contribution in [-0.2, 0) is 9.84 Å². The fraction of sp³-hybridized carbons (Fsp3) is 0.700. The molecule has 6 heteroatoms. The molecule has 4 nitrogen and oxygen atoms in total. The van der Waals surface area contributed by atoms with Crippen LogP contribution in [0.5, 0.6) is 0 Å². The summed E-state index contributed by atoms with van der Waals surface area (Å²) >= 11 is 1.22. The molecule has 90 valence electrons. The van der Waals surface area contributed by atoms with Crippen LogP contribution in [0.2, 0.25) is 0 Å². The molecule has 16 heavy (non-hydrogen) atoms. The third-order valence-electron chi connectivity index (χ3n) is 2.97. The van der Waals surface area contributed by atoms with E-state index >= 15 is 0 Å². The van der Waals surface area contributed by atoms with Gasteiger partial charge < -0.3 is 5.32 Å². The second kappa shape index (κ2) is 4.71. The van der Waals surface area contributed by atoms with E-state index in [-0.39, 0.29) is 5.25 Å². The highest BCUT2D eigenvalue weighted by Gasteiger charge is 2.30. The minimum Gasteiger partial charge on any atom is -0.365 e. The predicted octanol–water partition coefficient (Wildman–Crippen LogP) is 2.29. The van der Waals surface area contributed by atoms with Gasteiger partial charge in [-0.15, -0.1) is 0 Å². The summed E-state index contributed by atoms with van der Waals surface area (Å²) in [5.74, 6) is 0. The van der Waals surface area contributed by atoms with E-state index in [0.29, 0.717) is 9.34 Å². The van der Waals surface area contributed by atoms with Crippen molar-refractivity contribution in [2.24, 2.45) is 0 Å². The number of rotatable bonds is 3. The molecule has 0 atom stereocenters. The van der Waals surface area contributed by atoms with Gasteiger partial charge in [-0.2, -0.15) is 0 Å². The number of anilines is 1. The van der Waals surface area contributed by atoms with Crippen LogP contribution in [0.25, 0.3) is 0 Å². The maximum atomic E-state index is 12.3. The quantitative estimate of drug-likeness (QED) is 0.906. The summed E-state index contributed by atoms with van der Waals surface area (Å²) in [5, 5.41) is 3.34. The van der Waals surface area contributed by atoms with Gasteiger partial charge in [0.2, 0.25) is 0 Å². The van der Waals surface area contributed by atoms with E-state index in [1.165, 1.54) is 17.5 Å². The molecular formula is C10H16N2O2S2. The van der Waals surface area contributed by atoms with Gasteiger partial charge in [0.15, 0.2) is 15.0 Å². The van der Waals surface area contributed by atoms with Crippen molar-refractivity contribution in [3.05, 3.63) is 6.20 Å². The Morgan fingerprint density at radius 2 is 2.06 bits per heavy atom. The number of nitrogens with zero attached hydrogens (tertiary/aromatic N) is 1. The Balaban J connectivity index is 2.23. The zero-order valence-corrected chi connectivity index (χ0v) is 10.9. The van der Waals surface area contributed by atoms with Crippen LogP contribution in [0, 0.1) is 0 Å². The van der Waals surface area contributed by atoms with Crippen LogP contribution in [0.3, 0.4) is 0 Å². The van der Waals surface area contributed by atoms with Crippen molar-refractivity contribution >= 4 is 26.3 Å². The molecule has 0 aliphatic heterocycles. The summed E-state index contributed by atoms with van der Waals surface area (Å²) in [4.78, 5) is 4.02. The maximum Gasteiger partial charge on any atom is 0.192 e. The number of hydrogen-bond donors (Lipinski definition) is 1. The first kappa shape index (κ1) is 11.9. The van der Waals surface area contributed by atoms with Gasteiger partial charge in [-0.3, -0.25) is 0 Å². The molecule has 0 unspecified atom stereocenters. The van der Waals surface area contributed by atoms with Crippen molar-refractivity contribution in [2.75, 3.05) is 12.4 Å². The highest BCUT2D eigenvalue weighted by molar-refractivity contribution is 7.94. The van der Waals surface area contributed by atoms with Crippen LogP contribution in [0.4, 0.5) is 5.13 Å². The molecule has 1 aromatic heterocycles. The van der Waals surface area contributed by atoms with Crippen molar-refractivity contribution in [2.45, 2.75) is 41.6 Å². The summed E-state index contributed by atoms with van der Waals surface area (Å²) in [6.45, 7) is 0. The zero-order valence-electron chi connectivity index (χ0n) is 9.27. The van der Waals surface area contributed by atoms with Gasteiger partial charge in [-0.25, -0.2) is 13.4 Å². The number of nitrogens with one attached hydrogen (secondary N) is 1. The Labute approximate surface area is 100 Å². The van der Waals surface area contributed by atoms with E-state index in [4.69, 9.17) is 0 Å². The van der Waals surface area contributed by atoms with Gasteiger partial charge in [0, 0.05) is 7.05 Å². The molecule has 0 amide bonds. The molecule has 0 spiro atoms. The smallest absolute Gasteiger partial charge is 0.192 e. The molecule has 0 bridgehead atoms. The minimum absolute atomic E-state index is 0.189. The molecule has 2 rings (SSSR count). The fourth-order valence-corrected chi connectivity index (χ4v) is 5.14. The molecular weight excluding hydrogens is 244 g/mol. The minimum atomic E-state index is -3.14. The Hall–Kier alpha value is -0.620. The Bertz CT molecular complexity index is 447. The fourth-order valence-electron chi connectivity index (χ4n) is 2.05. The topological polar surface area (TPSA) is 59.1 Å². The van der Waals surface area contributed by atoms with Gasteiger partial charge in [-0.1, -0.05) is 30.6 Å². The lowest BCUT2D eigenvalue weighted by Gasteiger charge is -2.20. The average molecular weight is 260 g/mol. The molecule has 1 saturated carbocycles. The summed E-state index contributed by atoms with van der Waals surface area (Å²) in [6, 6.07) is 0. The third kappa shape index (κ3) is 2.22. The first-order chi connectivity index (χ1) is 7.64. The summed E-state index contributed by atoms with van der Waals surface area (Å²) in [6.07, 6.45) is 6.30. The van der Waals surface area contributed by atoms with Gasteiger partial charge in [0.25, 0.3) is 0 Å². The van der Waals surface area contributed by atoms with Gasteiger partial charge in [0.1, 0.15) is 4.21 Å². The van der Waals surface area contributed by atoms with Crippen molar-refractivity contribution in [1.29, 1.82) is 0 Å². The summed E-state index contributed by atoms with van der Waals surface area (Å²) in [7, 11) is -1.39. The SMILES string of the molecule is CNc1ncc(S(=O)(=O)C2CCCCC2)s1. The molecule has 1 fully saturated rings. The Morgan fingerprint density at radius 3 is 2.62 bits per heavy atom. The van der Waals surface area contributed by atoms with E-state index in [1.807, 2.05) is 0 Å². The molecule has 1 N–H and O–H groups in total. The van der Waals surface area contributed by atoms with Crippen LogP contribution in [0.1, 0.15) is 32.1 Å². The third-order valence-corrected chi connectivity index (χ3v) is 6.74. The Morgan fingerprint density at radius 1 is 1.38 bits per heavy atom. The van der Waals surface area contributed by atoms with Crippen molar-refractivity contribution < 1.29 is 8.42 Å². The van der Waals surface area contributed by atoms with Crippen molar-refractivity contribution in [1.82, 2.24) is 4.98 Å². The Kier molecular flexibility index (Phi) is 3.49. The van der Waals surface area contributed by atoms with Crippen molar-refractivity contribution in [3.8, 4) is 0 Å². The second-order valence-corrected chi connectivity index (χ2v) is 7.53. The molecule has 0 radical (unpaired) electrons. The summed E-state index contributed by atoms with van der Waals surface area (Å²) < 4.78 is 24.9. The maximum absolute atomic E-state index is 12.3. The molecule has 1 aromatic rings. The molecule has 1 heterocycles. The summed E-state index contributed by atoms with van der Waals surface area (Å²) in [5.41, 5.74) is 0. The van der Waals surface area contributed by atoms with Crippen molar-refractivity contribution in [3.63, 3.8) is 0 Å². The van der Waals surface area contributed by atoms with E-state index < -0.39 is 9.84 Å². The monoisotopic (exact) mass is 260 g/mol.